The van der Waals surface area contributed by atoms with Crippen molar-refractivity contribution in [1.29, 1.82) is 0 Å². The molecule has 1 N–H and O–H groups in total. The summed E-state index contributed by atoms with van der Waals surface area (Å²) in [6.45, 7) is 11.1. The molecule has 0 spiro atoms. The zero-order valence-electron chi connectivity index (χ0n) is 12.7. The van der Waals surface area contributed by atoms with Gasteiger partial charge in [0.05, 0.1) is 0 Å². The van der Waals surface area contributed by atoms with Gasteiger partial charge in [0.1, 0.15) is 11.9 Å². The Bertz CT molecular complexity index is 414. The fourth-order valence-corrected chi connectivity index (χ4v) is 2.84. The van der Waals surface area contributed by atoms with E-state index >= 15 is 0 Å². The number of nitrogens with one attached hydrogen (secondary N) is 1. The van der Waals surface area contributed by atoms with Crippen molar-refractivity contribution in [1.82, 2.24) is 5.32 Å². The van der Waals surface area contributed by atoms with Crippen LogP contribution in [0, 0.1) is 18.8 Å². The van der Waals surface area contributed by atoms with Gasteiger partial charge in [0, 0.05) is 6.42 Å². The second-order valence-corrected chi connectivity index (χ2v) is 6.10. The lowest BCUT2D eigenvalue weighted by molar-refractivity contribution is 0.173. The summed E-state index contributed by atoms with van der Waals surface area (Å²) < 4.78 is 6.09. The Morgan fingerprint density at radius 1 is 1.37 bits per heavy atom. The van der Waals surface area contributed by atoms with Gasteiger partial charge in [-0.1, -0.05) is 38.5 Å². The molecule has 2 unspecified atom stereocenters. The molecule has 0 saturated heterocycles. The van der Waals surface area contributed by atoms with Gasteiger partial charge in [0.25, 0.3) is 0 Å². The van der Waals surface area contributed by atoms with Gasteiger partial charge in [-0.15, -0.1) is 0 Å². The smallest absolute Gasteiger partial charge is 0.123 e. The molecule has 2 nitrogen and oxygen atoms in total. The molecule has 0 amide bonds. The first-order chi connectivity index (χ1) is 9.10. The van der Waals surface area contributed by atoms with E-state index in [0.29, 0.717) is 17.9 Å². The number of fused-ring (bicyclic) bond motifs is 1. The summed E-state index contributed by atoms with van der Waals surface area (Å²) in [5, 5.41) is 3.48. The molecule has 2 rings (SSSR count). The van der Waals surface area contributed by atoms with E-state index in [1.165, 1.54) is 11.1 Å². The third-order valence-electron chi connectivity index (χ3n) is 4.12. The van der Waals surface area contributed by atoms with E-state index < -0.39 is 0 Å². The highest BCUT2D eigenvalue weighted by Crippen LogP contribution is 2.33. The lowest BCUT2D eigenvalue weighted by Crippen LogP contribution is -2.30. The Morgan fingerprint density at radius 2 is 2.16 bits per heavy atom. The summed E-state index contributed by atoms with van der Waals surface area (Å²) >= 11 is 0. The number of hydrogen-bond acceptors (Lipinski definition) is 2. The van der Waals surface area contributed by atoms with E-state index in [1.54, 1.807) is 0 Å². The largest absolute Gasteiger partial charge is 0.490 e. The molecule has 1 aliphatic heterocycles. The van der Waals surface area contributed by atoms with Crippen LogP contribution in [0.3, 0.4) is 0 Å². The fraction of sp³-hybridized carbons (Fsp3) is 0.647. The molecule has 0 bridgehead atoms. The van der Waals surface area contributed by atoms with E-state index in [9.17, 15) is 0 Å². The second-order valence-electron chi connectivity index (χ2n) is 6.10. The first-order valence-corrected chi connectivity index (χ1v) is 7.57. The van der Waals surface area contributed by atoms with Crippen LogP contribution >= 0.6 is 0 Å². The SMILES string of the molecule is CCNCC(CC1Cc2cc(C)ccc2O1)C(C)C. The number of hydrogen-bond donors (Lipinski definition) is 1. The Morgan fingerprint density at radius 3 is 2.84 bits per heavy atom. The molecule has 1 heterocycles. The first-order valence-electron chi connectivity index (χ1n) is 7.57. The van der Waals surface area contributed by atoms with E-state index in [2.05, 4.69) is 51.2 Å². The molecule has 0 fully saturated rings. The summed E-state index contributed by atoms with van der Waals surface area (Å²) in [6.07, 6.45) is 2.59. The molecule has 0 radical (unpaired) electrons. The van der Waals surface area contributed by atoms with E-state index in [-0.39, 0.29) is 0 Å². The van der Waals surface area contributed by atoms with Crippen molar-refractivity contribution in [3.63, 3.8) is 0 Å². The van der Waals surface area contributed by atoms with Crippen LogP contribution < -0.4 is 10.1 Å². The van der Waals surface area contributed by atoms with Gasteiger partial charge >= 0.3 is 0 Å². The van der Waals surface area contributed by atoms with Crippen LogP contribution in [-0.4, -0.2) is 19.2 Å². The van der Waals surface area contributed by atoms with Crippen LogP contribution in [0.1, 0.15) is 38.3 Å². The molecule has 0 aromatic heterocycles. The molecule has 0 aliphatic carbocycles. The molecule has 0 saturated carbocycles. The lowest BCUT2D eigenvalue weighted by atomic mass is 9.89. The molecule has 1 aromatic carbocycles. The zero-order valence-corrected chi connectivity index (χ0v) is 12.7. The van der Waals surface area contributed by atoms with Crippen molar-refractivity contribution in [2.45, 2.75) is 46.6 Å². The Kier molecular flexibility index (Phi) is 4.87. The summed E-state index contributed by atoms with van der Waals surface area (Å²) in [5.74, 6) is 2.50. The van der Waals surface area contributed by atoms with Gasteiger partial charge in [0.15, 0.2) is 0 Å². The van der Waals surface area contributed by atoms with E-state index in [0.717, 1.165) is 31.7 Å². The van der Waals surface area contributed by atoms with Gasteiger partial charge in [0.2, 0.25) is 0 Å². The van der Waals surface area contributed by atoms with Gasteiger partial charge in [-0.25, -0.2) is 0 Å². The Hall–Kier alpha value is -1.02. The average molecular weight is 261 g/mol. The van der Waals surface area contributed by atoms with Crippen molar-refractivity contribution in [2.75, 3.05) is 13.1 Å². The molecular weight excluding hydrogens is 234 g/mol. The Balaban J connectivity index is 1.94. The minimum absolute atomic E-state index is 0.364. The maximum absolute atomic E-state index is 6.09. The van der Waals surface area contributed by atoms with Gasteiger partial charge in [-0.3, -0.25) is 0 Å². The Labute approximate surface area is 117 Å². The monoisotopic (exact) mass is 261 g/mol. The minimum atomic E-state index is 0.364. The van der Waals surface area contributed by atoms with E-state index in [4.69, 9.17) is 4.74 Å². The topological polar surface area (TPSA) is 21.3 Å². The highest BCUT2D eigenvalue weighted by Gasteiger charge is 2.26. The molecule has 2 atom stereocenters. The number of ether oxygens (including phenoxy) is 1. The van der Waals surface area contributed by atoms with Crippen molar-refractivity contribution in [3.05, 3.63) is 29.3 Å². The first kappa shape index (κ1) is 14.4. The number of aryl methyl sites for hydroxylation is 1. The summed E-state index contributed by atoms with van der Waals surface area (Å²) in [7, 11) is 0. The second kappa shape index (κ2) is 6.42. The standard InChI is InChI=1S/C17H27NO/c1-5-18-11-15(12(2)3)10-16-9-14-8-13(4)6-7-17(14)19-16/h6-8,12,15-16,18H,5,9-11H2,1-4H3. The van der Waals surface area contributed by atoms with Crippen LogP contribution in [-0.2, 0) is 6.42 Å². The molecule has 1 aliphatic rings. The van der Waals surface area contributed by atoms with Crippen molar-refractivity contribution < 1.29 is 4.74 Å². The van der Waals surface area contributed by atoms with Gasteiger partial charge in [-0.05, 0) is 49.9 Å². The predicted molar refractivity (Wildman–Crippen MR) is 80.8 cm³/mol. The molecule has 1 aromatic rings. The molecule has 2 heteroatoms. The third kappa shape index (κ3) is 3.73. The van der Waals surface area contributed by atoms with Crippen LogP contribution in [0.4, 0.5) is 0 Å². The zero-order chi connectivity index (χ0) is 13.8. The average Bonchev–Trinajstić information content (AvgIpc) is 2.75. The van der Waals surface area contributed by atoms with Crippen LogP contribution in [0.2, 0.25) is 0 Å². The fourth-order valence-electron chi connectivity index (χ4n) is 2.84. The highest BCUT2D eigenvalue weighted by atomic mass is 16.5. The highest BCUT2D eigenvalue weighted by molar-refractivity contribution is 5.40. The van der Waals surface area contributed by atoms with Crippen LogP contribution in [0.5, 0.6) is 5.75 Å². The quantitative estimate of drug-likeness (QED) is 0.845. The molecule has 19 heavy (non-hydrogen) atoms. The predicted octanol–water partition coefficient (Wildman–Crippen LogP) is 3.57. The minimum Gasteiger partial charge on any atom is -0.490 e. The maximum Gasteiger partial charge on any atom is 0.123 e. The number of rotatable bonds is 6. The van der Waals surface area contributed by atoms with Crippen LogP contribution in [0.15, 0.2) is 18.2 Å². The summed E-state index contributed by atoms with van der Waals surface area (Å²) in [4.78, 5) is 0. The van der Waals surface area contributed by atoms with Crippen molar-refractivity contribution >= 4 is 0 Å². The summed E-state index contributed by atoms with van der Waals surface area (Å²) in [6, 6.07) is 6.53. The van der Waals surface area contributed by atoms with Gasteiger partial charge in [-0.2, -0.15) is 0 Å². The summed E-state index contributed by atoms with van der Waals surface area (Å²) in [5.41, 5.74) is 2.71. The number of benzene rings is 1. The van der Waals surface area contributed by atoms with Crippen molar-refractivity contribution in [2.24, 2.45) is 11.8 Å². The normalized spacial score (nSPS) is 19.3. The van der Waals surface area contributed by atoms with Crippen molar-refractivity contribution in [3.8, 4) is 5.75 Å². The maximum atomic E-state index is 6.09. The molecular formula is C17H27NO. The molecule has 106 valence electrons. The van der Waals surface area contributed by atoms with E-state index in [1.807, 2.05) is 0 Å². The third-order valence-corrected chi connectivity index (χ3v) is 4.12. The lowest BCUT2D eigenvalue weighted by Gasteiger charge is -2.24. The van der Waals surface area contributed by atoms with Gasteiger partial charge < -0.3 is 10.1 Å². The van der Waals surface area contributed by atoms with Crippen LogP contribution in [0.25, 0.3) is 0 Å².